The van der Waals surface area contributed by atoms with E-state index in [9.17, 15) is 4.79 Å². The van der Waals surface area contributed by atoms with Crippen LogP contribution >= 0.6 is 0 Å². The summed E-state index contributed by atoms with van der Waals surface area (Å²) in [6.45, 7) is 9.77. The van der Waals surface area contributed by atoms with Crippen LogP contribution in [0.25, 0.3) is 0 Å². The average molecular weight is 342 g/mol. The van der Waals surface area contributed by atoms with Crippen molar-refractivity contribution in [3.63, 3.8) is 0 Å². The number of rotatable bonds is 8. The SMILES string of the molecule is CCc1c(C)[nH]c(=O)c(NCCCOC)c1Cc1cc(C)cc(C)c1. The highest BCUT2D eigenvalue weighted by Crippen LogP contribution is 2.24. The number of nitrogens with one attached hydrogen (secondary N) is 2. The van der Waals surface area contributed by atoms with Crippen LogP contribution in [-0.2, 0) is 17.6 Å². The summed E-state index contributed by atoms with van der Waals surface area (Å²) in [7, 11) is 1.69. The molecule has 0 aliphatic rings. The molecule has 0 aliphatic heterocycles. The van der Waals surface area contributed by atoms with Crippen LogP contribution in [0.5, 0.6) is 0 Å². The Morgan fingerprint density at radius 1 is 1.08 bits per heavy atom. The van der Waals surface area contributed by atoms with Crippen molar-refractivity contribution in [2.75, 3.05) is 25.6 Å². The Balaban J connectivity index is 2.43. The summed E-state index contributed by atoms with van der Waals surface area (Å²) in [5.41, 5.74) is 7.74. The molecular weight excluding hydrogens is 312 g/mol. The molecule has 0 atom stereocenters. The molecule has 2 aromatic rings. The lowest BCUT2D eigenvalue weighted by molar-refractivity contribution is 0.198. The van der Waals surface area contributed by atoms with Gasteiger partial charge >= 0.3 is 0 Å². The molecule has 0 saturated heterocycles. The number of hydrogen-bond donors (Lipinski definition) is 2. The molecule has 0 spiro atoms. The topological polar surface area (TPSA) is 54.1 Å². The molecule has 0 saturated carbocycles. The van der Waals surface area contributed by atoms with Gasteiger partial charge in [-0.3, -0.25) is 4.79 Å². The third-order valence-electron chi connectivity index (χ3n) is 4.49. The van der Waals surface area contributed by atoms with E-state index >= 15 is 0 Å². The zero-order chi connectivity index (χ0) is 18.4. The third-order valence-corrected chi connectivity index (χ3v) is 4.49. The number of methoxy groups -OCH3 is 1. The molecule has 2 N–H and O–H groups in total. The molecule has 1 heterocycles. The van der Waals surface area contributed by atoms with Crippen molar-refractivity contribution in [3.05, 3.63) is 62.1 Å². The molecular formula is C21H30N2O2. The number of benzene rings is 1. The van der Waals surface area contributed by atoms with Crippen LogP contribution in [0.3, 0.4) is 0 Å². The summed E-state index contributed by atoms with van der Waals surface area (Å²) in [6, 6.07) is 6.59. The molecule has 0 amide bonds. The number of aromatic amines is 1. The third kappa shape index (κ3) is 4.95. The molecule has 2 rings (SSSR count). The first kappa shape index (κ1) is 19.3. The second-order valence-electron chi connectivity index (χ2n) is 6.71. The van der Waals surface area contributed by atoms with Crippen LogP contribution in [-0.4, -0.2) is 25.2 Å². The van der Waals surface area contributed by atoms with E-state index in [1.807, 2.05) is 6.92 Å². The Kier molecular flexibility index (Phi) is 6.82. The highest BCUT2D eigenvalue weighted by Gasteiger charge is 2.15. The minimum absolute atomic E-state index is 0.0357. The van der Waals surface area contributed by atoms with Crippen LogP contribution in [0.1, 0.15) is 46.9 Å². The van der Waals surface area contributed by atoms with E-state index in [1.165, 1.54) is 22.3 Å². The van der Waals surface area contributed by atoms with Crippen molar-refractivity contribution in [2.45, 2.75) is 47.0 Å². The van der Waals surface area contributed by atoms with Crippen molar-refractivity contribution in [2.24, 2.45) is 0 Å². The van der Waals surface area contributed by atoms with Gasteiger partial charge in [0.2, 0.25) is 0 Å². The van der Waals surface area contributed by atoms with Crippen molar-refractivity contribution >= 4 is 5.69 Å². The number of ether oxygens (including phenoxy) is 1. The molecule has 25 heavy (non-hydrogen) atoms. The minimum atomic E-state index is -0.0357. The summed E-state index contributed by atoms with van der Waals surface area (Å²) in [4.78, 5) is 15.6. The van der Waals surface area contributed by atoms with Crippen molar-refractivity contribution in [1.29, 1.82) is 0 Å². The molecule has 0 radical (unpaired) electrons. The normalized spacial score (nSPS) is 10.9. The molecule has 136 valence electrons. The maximum Gasteiger partial charge on any atom is 0.271 e. The molecule has 4 heteroatoms. The summed E-state index contributed by atoms with van der Waals surface area (Å²) in [5.74, 6) is 0. The number of H-pyrrole nitrogens is 1. The maximum absolute atomic E-state index is 12.6. The number of anilines is 1. The summed E-state index contributed by atoms with van der Waals surface area (Å²) in [5, 5.41) is 3.34. The van der Waals surface area contributed by atoms with Gasteiger partial charge in [-0.05, 0) is 50.3 Å². The number of pyridine rings is 1. The molecule has 0 bridgehead atoms. The minimum Gasteiger partial charge on any atom is -0.385 e. The van der Waals surface area contributed by atoms with E-state index < -0.39 is 0 Å². The Bertz CT molecular complexity index is 758. The second-order valence-corrected chi connectivity index (χ2v) is 6.71. The first-order valence-corrected chi connectivity index (χ1v) is 9.00. The lowest BCUT2D eigenvalue weighted by Crippen LogP contribution is -2.21. The Hall–Kier alpha value is -2.07. The van der Waals surface area contributed by atoms with Crippen LogP contribution in [0, 0.1) is 20.8 Å². The fourth-order valence-electron chi connectivity index (χ4n) is 3.49. The van der Waals surface area contributed by atoms with Crippen LogP contribution in [0.4, 0.5) is 5.69 Å². The van der Waals surface area contributed by atoms with Gasteiger partial charge in [0.25, 0.3) is 5.56 Å². The molecule has 1 aromatic heterocycles. The van der Waals surface area contributed by atoms with Gasteiger partial charge in [-0.15, -0.1) is 0 Å². The van der Waals surface area contributed by atoms with Gasteiger partial charge in [-0.1, -0.05) is 36.2 Å². The number of aryl methyl sites for hydroxylation is 3. The fourth-order valence-corrected chi connectivity index (χ4v) is 3.49. The van der Waals surface area contributed by atoms with E-state index in [4.69, 9.17) is 4.74 Å². The average Bonchev–Trinajstić information content (AvgIpc) is 2.53. The Morgan fingerprint density at radius 3 is 2.36 bits per heavy atom. The van der Waals surface area contributed by atoms with E-state index in [-0.39, 0.29) is 5.56 Å². The fraction of sp³-hybridized carbons (Fsp3) is 0.476. The Morgan fingerprint density at radius 2 is 1.76 bits per heavy atom. The van der Waals surface area contributed by atoms with Gasteiger partial charge in [0, 0.05) is 32.4 Å². The van der Waals surface area contributed by atoms with Crippen molar-refractivity contribution in [1.82, 2.24) is 4.98 Å². The van der Waals surface area contributed by atoms with Crippen LogP contribution in [0.2, 0.25) is 0 Å². The van der Waals surface area contributed by atoms with Gasteiger partial charge in [0.1, 0.15) is 5.69 Å². The lowest BCUT2D eigenvalue weighted by atomic mass is 9.94. The predicted molar refractivity (Wildman–Crippen MR) is 105 cm³/mol. The van der Waals surface area contributed by atoms with E-state index in [2.05, 4.69) is 49.3 Å². The van der Waals surface area contributed by atoms with E-state index in [0.29, 0.717) is 12.3 Å². The maximum atomic E-state index is 12.6. The second kappa shape index (κ2) is 8.86. The van der Waals surface area contributed by atoms with Crippen LogP contribution in [0.15, 0.2) is 23.0 Å². The number of aromatic nitrogens is 1. The lowest BCUT2D eigenvalue weighted by Gasteiger charge is -2.18. The van der Waals surface area contributed by atoms with Gasteiger partial charge < -0.3 is 15.0 Å². The van der Waals surface area contributed by atoms with Crippen molar-refractivity contribution < 1.29 is 4.74 Å². The molecule has 0 aliphatic carbocycles. The van der Waals surface area contributed by atoms with Crippen molar-refractivity contribution in [3.8, 4) is 0 Å². The molecule has 0 unspecified atom stereocenters. The molecule has 1 aromatic carbocycles. The highest BCUT2D eigenvalue weighted by molar-refractivity contribution is 5.56. The first-order chi connectivity index (χ1) is 12.0. The quantitative estimate of drug-likeness (QED) is 0.715. The van der Waals surface area contributed by atoms with E-state index in [0.717, 1.165) is 37.1 Å². The van der Waals surface area contributed by atoms with Gasteiger partial charge in [-0.25, -0.2) is 0 Å². The van der Waals surface area contributed by atoms with Gasteiger partial charge in [0.15, 0.2) is 0 Å². The van der Waals surface area contributed by atoms with Crippen LogP contribution < -0.4 is 10.9 Å². The molecule has 4 nitrogen and oxygen atoms in total. The summed E-state index contributed by atoms with van der Waals surface area (Å²) < 4.78 is 5.10. The summed E-state index contributed by atoms with van der Waals surface area (Å²) >= 11 is 0. The highest BCUT2D eigenvalue weighted by atomic mass is 16.5. The smallest absolute Gasteiger partial charge is 0.271 e. The standard InChI is InChI=1S/C21H30N2O2/c1-6-18-16(4)23-21(24)20(22-8-7-9-25-5)19(18)13-17-11-14(2)10-15(3)12-17/h10-12,22H,6-9,13H2,1-5H3,(H,23,24). The monoisotopic (exact) mass is 342 g/mol. The predicted octanol–water partition coefficient (Wildman–Crippen LogP) is 3.90. The van der Waals surface area contributed by atoms with E-state index in [1.54, 1.807) is 7.11 Å². The molecule has 0 fully saturated rings. The zero-order valence-electron chi connectivity index (χ0n) is 16.1. The zero-order valence-corrected chi connectivity index (χ0v) is 16.1. The van der Waals surface area contributed by atoms with Gasteiger partial charge in [0.05, 0.1) is 0 Å². The largest absolute Gasteiger partial charge is 0.385 e. The number of hydrogen-bond acceptors (Lipinski definition) is 3. The summed E-state index contributed by atoms with van der Waals surface area (Å²) in [6.07, 6.45) is 2.53. The Labute approximate surface area is 150 Å². The first-order valence-electron chi connectivity index (χ1n) is 9.00. The van der Waals surface area contributed by atoms with Gasteiger partial charge in [-0.2, -0.15) is 0 Å².